The summed E-state index contributed by atoms with van der Waals surface area (Å²) in [5.74, 6) is 1.63. The Morgan fingerprint density at radius 1 is 1.16 bits per heavy atom. The standard InChI is InChI=1S/C19H30N4O.HI/c1-4-20-19(22-12-11-21-18(24)17-9-10-17)23-13-15(3)16-7-5-14(2)6-8-16;/h5-8,15,17H,4,9-13H2,1-3H3,(H,21,24)(H2,20,22,23);1H. The van der Waals surface area contributed by atoms with Gasteiger partial charge in [0.05, 0.1) is 0 Å². The van der Waals surface area contributed by atoms with Crippen LogP contribution in [0.25, 0.3) is 0 Å². The van der Waals surface area contributed by atoms with Gasteiger partial charge in [-0.25, -0.2) is 0 Å². The molecule has 1 aliphatic rings. The number of nitrogens with zero attached hydrogens (tertiary/aromatic N) is 1. The van der Waals surface area contributed by atoms with Crippen LogP contribution in [0.15, 0.2) is 29.3 Å². The Kier molecular flexibility index (Phi) is 9.85. The maximum absolute atomic E-state index is 11.6. The quantitative estimate of drug-likeness (QED) is 0.243. The topological polar surface area (TPSA) is 65.5 Å². The lowest BCUT2D eigenvalue weighted by Gasteiger charge is -2.14. The van der Waals surface area contributed by atoms with Crippen LogP contribution in [0.3, 0.4) is 0 Å². The Balaban J connectivity index is 0.00000312. The normalized spacial score (nSPS) is 15.1. The molecule has 0 aliphatic heterocycles. The lowest BCUT2D eigenvalue weighted by atomic mass is 10.0. The zero-order valence-electron chi connectivity index (χ0n) is 15.5. The van der Waals surface area contributed by atoms with Crippen molar-refractivity contribution in [3.8, 4) is 0 Å². The van der Waals surface area contributed by atoms with Crippen molar-refractivity contribution in [3.05, 3.63) is 35.4 Å². The van der Waals surface area contributed by atoms with Crippen molar-refractivity contribution < 1.29 is 4.79 Å². The van der Waals surface area contributed by atoms with Crippen LogP contribution in [0.2, 0.25) is 0 Å². The zero-order chi connectivity index (χ0) is 17.4. The monoisotopic (exact) mass is 458 g/mol. The molecule has 25 heavy (non-hydrogen) atoms. The molecule has 1 aromatic rings. The Hall–Kier alpha value is -1.31. The van der Waals surface area contributed by atoms with E-state index in [9.17, 15) is 4.79 Å². The number of aryl methyl sites for hydroxylation is 1. The molecule has 1 fully saturated rings. The van der Waals surface area contributed by atoms with Crippen LogP contribution in [0.1, 0.15) is 43.7 Å². The first-order chi connectivity index (χ1) is 11.6. The van der Waals surface area contributed by atoms with Crippen LogP contribution >= 0.6 is 24.0 Å². The number of benzene rings is 1. The van der Waals surface area contributed by atoms with E-state index in [1.807, 2.05) is 0 Å². The van der Waals surface area contributed by atoms with Gasteiger partial charge in [0.1, 0.15) is 0 Å². The summed E-state index contributed by atoms with van der Waals surface area (Å²) in [6, 6.07) is 8.62. The predicted octanol–water partition coefficient (Wildman–Crippen LogP) is 2.80. The lowest BCUT2D eigenvalue weighted by Crippen LogP contribution is -2.42. The molecule has 0 saturated heterocycles. The fourth-order valence-corrected chi connectivity index (χ4v) is 2.43. The fourth-order valence-electron chi connectivity index (χ4n) is 2.43. The van der Waals surface area contributed by atoms with Crippen molar-refractivity contribution in [2.75, 3.05) is 26.2 Å². The van der Waals surface area contributed by atoms with Crippen LogP contribution in [-0.2, 0) is 4.79 Å². The molecule has 1 unspecified atom stereocenters. The van der Waals surface area contributed by atoms with E-state index in [1.165, 1.54) is 11.1 Å². The summed E-state index contributed by atoms with van der Waals surface area (Å²) in [4.78, 5) is 16.2. The van der Waals surface area contributed by atoms with E-state index in [0.717, 1.165) is 31.9 Å². The molecule has 2 rings (SSSR count). The summed E-state index contributed by atoms with van der Waals surface area (Å²) in [5, 5.41) is 9.48. The van der Waals surface area contributed by atoms with E-state index in [4.69, 9.17) is 0 Å². The van der Waals surface area contributed by atoms with Crippen LogP contribution in [0.4, 0.5) is 0 Å². The molecule has 3 N–H and O–H groups in total. The summed E-state index contributed by atoms with van der Waals surface area (Å²) in [6.07, 6.45) is 2.08. The molecule has 6 heteroatoms. The molecular formula is C19H31IN4O. The van der Waals surface area contributed by atoms with Crippen molar-refractivity contribution >= 4 is 35.8 Å². The molecule has 5 nitrogen and oxygen atoms in total. The van der Waals surface area contributed by atoms with Gasteiger partial charge in [0.2, 0.25) is 5.91 Å². The highest BCUT2D eigenvalue weighted by Crippen LogP contribution is 2.28. The van der Waals surface area contributed by atoms with Crippen LogP contribution in [0, 0.1) is 12.8 Å². The number of hydrogen-bond acceptors (Lipinski definition) is 2. The highest BCUT2D eigenvalue weighted by Gasteiger charge is 2.28. The number of halogens is 1. The molecular weight excluding hydrogens is 427 g/mol. The Bertz CT molecular complexity index is 555. The van der Waals surface area contributed by atoms with Crippen molar-refractivity contribution in [3.63, 3.8) is 0 Å². The van der Waals surface area contributed by atoms with Gasteiger partial charge in [-0.3, -0.25) is 9.79 Å². The molecule has 0 aromatic heterocycles. The molecule has 1 atom stereocenters. The highest BCUT2D eigenvalue weighted by atomic mass is 127. The number of amides is 1. The van der Waals surface area contributed by atoms with Gasteiger partial charge in [0, 0.05) is 38.0 Å². The molecule has 1 amide bonds. The highest BCUT2D eigenvalue weighted by molar-refractivity contribution is 14.0. The Morgan fingerprint density at radius 3 is 2.40 bits per heavy atom. The molecule has 0 spiro atoms. The third kappa shape index (κ3) is 8.07. The van der Waals surface area contributed by atoms with Crippen molar-refractivity contribution in [1.29, 1.82) is 0 Å². The van der Waals surface area contributed by atoms with Gasteiger partial charge in [-0.2, -0.15) is 0 Å². The molecule has 0 bridgehead atoms. The van der Waals surface area contributed by atoms with Crippen molar-refractivity contribution in [1.82, 2.24) is 16.0 Å². The summed E-state index contributed by atoms with van der Waals surface area (Å²) < 4.78 is 0. The van der Waals surface area contributed by atoms with Crippen LogP contribution in [0.5, 0.6) is 0 Å². The lowest BCUT2D eigenvalue weighted by molar-refractivity contribution is -0.122. The summed E-state index contributed by atoms with van der Waals surface area (Å²) in [6.45, 7) is 9.20. The van der Waals surface area contributed by atoms with Gasteiger partial charge in [0.25, 0.3) is 0 Å². The van der Waals surface area contributed by atoms with Gasteiger partial charge in [-0.05, 0) is 32.3 Å². The molecule has 1 aromatic carbocycles. The van der Waals surface area contributed by atoms with E-state index in [2.05, 4.69) is 66.0 Å². The first kappa shape index (κ1) is 21.7. The number of nitrogens with one attached hydrogen (secondary N) is 3. The molecule has 0 heterocycles. The van der Waals surface area contributed by atoms with Gasteiger partial charge >= 0.3 is 0 Å². The van der Waals surface area contributed by atoms with Crippen LogP contribution in [-0.4, -0.2) is 38.0 Å². The van der Waals surface area contributed by atoms with Crippen molar-refractivity contribution in [2.24, 2.45) is 10.9 Å². The molecule has 1 saturated carbocycles. The first-order valence-corrected chi connectivity index (χ1v) is 8.96. The average Bonchev–Trinajstić information content (AvgIpc) is 3.41. The minimum atomic E-state index is 0. The molecule has 140 valence electrons. The average molecular weight is 458 g/mol. The van der Waals surface area contributed by atoms with E-state index in [-0.39, 0.29) is 35.8 Å². The molecule has 1 aliphatic carbocycles. The number of hydrogen-bond donors (Lipinski definition) is 3. The summed E-state index contributed by atoms with van der Waals surface area (Å²) in [7, 11) is 0. The number of carbonyl (C=O) groups excluding carboxylic acids is 1. The second-order valence-electron chi connectivity index (χ2n) is 6.52. The smallest absolute Gasteiger partial charge is 0.223 e. The number of guanidine groups is 1. The fraction of sp³-hybridized carbons (Fsp3) is 0.579. The number of aliphatic imine (C=N–C) groups is 1. The van der Waals surface area contributed by atoms with Crippen LogP contribution < -0.4 is 16.0 Å². The zero-order valence-corrected chi connectivity index (χ0v) is 17.8. The summed E-state index contributed by atoms with van der Waals surface area (Å²) >= 11 is 0. The second-order valence-corrected chi connectivity index (χ2v) is 6.52. The van der Waals surface area contributed by atoms with E-state index in [1.54, 1.807) is 0 Å². The largest absolute Gasteiger partial charge is 0.357 e. The van der Waals surface area contributed by atoms with E-state index < -0.39 is 0 Å². The number of rotatable bonds is 8. The van der Waals surface area contributed by atoms with Crippen molar-refractivity contribution in [2.45, 2.75) is 39.5 Å². The van der Waals surface area contributed by atoms with Gasteiger partial charge < -0.3 is 16.0 Å². The maximum Gasteiger partial charge on any atom is 0.223 e. The minimum absolute atomic E-state index is 0. The van der Waals surface area contributed by atoms with E-state index >= 15 is 0 Å². The second kappa shape index (κ2) is 11.3. The Morgan fingerprint density at radius 2 is 1.80 bits per heavy atom. The predicted molar refractivity (Wildman–Crippen MR) is 115 cm³/mol. The third-order valence-corrected chi connectivity index (χ3v) is 4.18. The summed E-state index contributed by atoms with van der Waals surface area (Å²) in [5.41, 5.74) is 2.58. The Labute approximate surface area is 168 Å². The van der Waals surface area contributed by atoms with Gasteiger partial charge in [-0.15, -0.1) is 24.0 Å². The van der Waals surface area contributed by atoms with E-state index in [0.29, 0.717) is 19.0 Å². The number of carbonyl (C=O) groups is 1. The first-order valence-electron chi connectivity index (χ1n) is 8.96. The van der Waals surface area contributed by atoms with Gasteiger partial charge in [-0.1, -0.05) is 36.8 Å². The minimum Gasteiger partial charge on any atom is -0.357 e. The van der Waals surface area contributed by atoms with Gasteiger partial charge in [0.15, 0.2) is 5.96 Å². The maximum atomic E-state index is 11.6. The SMILES string of the molecule is CCNC(=NCC(C)c1ccc(C)cc1)NCCNC(=O)C1CC1.I. The third-order valence-electron chi connectivity index (χ3n) is 4.18. The molecule has 0 radical (unpaired) electrons.